The fraction of sp³-hybridized carbons (Fsp3) is 0.400. The van der Waals surface area contributed by atoms with E-state index in [-0.39, 0.29) is 11.9 Å². The quantitative estimate of drug-likeness (QED) is 0.667. The van der Waals surface area contributed by atoms with Crippen molar-refractivity contribution in [3.63, 3.8) is 0 Å². The number of ether oxygens (including phenoxy) is 1. The van der Waals surface area contributed by atoms with E-state index in [2.05, 4.69) is 6.92 Å². The minimum atomic E-state index is 0.0481. The largest absolute Gasteiger partial charge is 0.399 e. The van der Waals surface area contributed by atoms with Gasteiger partial charge in [-0.05, 0) is 30.2 Å². The molecule has 1 saturated heterocycles. The highest BCUT2D eigenvalue weighted by Gasteiger charge is 2.24. The molecule has 1 fully saturated rings. The summed E-state index contributed by atoms with van der Waals surface area (Å²) in [5.41, 5.74) is 7.32. The number of anilines is 1. The average Bonchev–Trinajstić information content (AvgIpc) is 2.46. The van der Waals surface area contributed by atoms with Gasteiger partial charge in [-0.15, -0.1) is 0 Å². The second-order valence-corrected chi connectivity index (χ2v) is 4.67. The molecule has 1 atom stereocenters. The van der Waals surface area contributed by atoms with E-state index in [9.17, 15) is 4.79 Å². The van der Waals surface area contributed by atoms with Gasteiger partial charge < -0.3 is 15.4 Å². The maximum atomic E-state index is 12.2. The van der Waals surface area contributed by atoms with Gasteiger partial charge in [0.25, 0.3) is 0 Å². The normalized spacial score (nSPS) is 19.8. The lowest BCUT2D eigenvalue weighted by Crippen LogP contribution is -2.47. The third-order valence-electron chi connectivity index (χ3n) is 3.34. The molecule has 0 aliphatic carbocycles. The van der Waals surface area contributed by atoms with Crippen LogP contribution < -0.4 is 5.73 Å². The zero-order valence-electron chi connectivity index (χ0n) is 11.2. The third kappa shape index (κ3) is 3.58. The Morgan fingerprint density at radius 2 is 2.21 bits per heavy atom. The standard InChI is InChI=1S/C15H20N2O2/c1-2-14-11-19-10-9-17(14)15(18)8-5-12-3-6-13(16)7-4-12/h3-8,14H,2,9-11,16H2,1H3/b8-5+. The maximum Gasteiger partial charge on any atom is 0.246 e. The summed E-state index contributed by atoms with van der Waals surface area (Å²) >= 11 is 0. The molecule has 4 heteroatoms. The van der Waals surface area contributed by atoms with Gasteiger partial charge >= 0.3 is 0 Å². The number of benzene rings is 1. The molecule has 0 bridgehead atoms. The van der Waals surface area contributed by atoms with Gasteiger partial charge in [0.1, 0.15) is 0 Å². The summed E-state index contributed by atoms with van der Waals surface area (Å²) in [6, 6.07) is 7.64. The van der Waals surface area contributed by atoms with E-state index >= 15 is 0 Å². The van der Waals surface area contributed by atoms with Gasteiger partial charge in [-0.3, -0.25) is 4.79 Å². The molecule has 0 aromatic heterocycles. The van der Waals surface area contributed by atoms with Gasteiger partial charge in [0.2, 0.25) is 5.91 Å². The molecule has 102 valence electrons. The Morgan fingerprint density at radius 3 is 2.89 bits per heavy atom. The highest BCUT2D eigenvalue weighted by molar-refractivity contribution is 5.92. The van der Waals surface area contributed by atoms with E-state index in [4.69, 9.17) is 10.5 Å². The lowest BCUT2D eigenvalue weighted by molar-refractivity contribution is -0.134. The van der Waals surface area contributed by atoms with Crippen molar-refractivity contribution in [2.24, 2.45) is 0 Å². The summed E-state index contributed by atoms with van der Waals surface area (Å²) in [6.45, 7) is 4.00. The molecule has 1 aliphatic rings. The smallest absolute Gasteiger partial charge is 0.246 e. The molecular weight excluding hydrogens is 240 g/mol. The van der Waals surface area contributed by atoms with Crippen LogP contribution in [0.3, 0.4) is 0 Å². The van der Waals surface area contributed by atoms with Crippen LogP contribution in [0.4, 0.5) is 5.69 Å². The van der Waals surface area contributed by atoms with E-state index < -0.39 is 0 Å². The second-order valence-electron chi connectivity index (χ2n) is 4.67. The van der Waals surface area contributed by atoms with Crippen LogP contribution in [0, 0.1) is 0 Å². The average molecular weight is 260 g/mol. The first-order valence-electron chi connectivity index (χ1n) is 6.62. The van der Waals surface area contributed by atoms with Crippen LogP contribution >= 0.6 is 0 Å². The molecule has 0 radical (unpaired) electrons. The topological polar surface area (TPSA) is 55.6 Å². The predicted molar refractivity (Wildman–Crippen MR) is 76.5 cm³/mol. The van der Waals surface area contributed by atoms with Crippen LogP contribution in [-0.4, -0.2) is 36.6 Å². The molecule has 19 heavy (non-hydrogen) atoms. The zero-order valence-corrected chi connectivity index (χ0v) is 11.2. The van der Waals surface area contributed by atoms with Crippen molar-refractivity contribution in [1.29, 1.82) is 0 Å². The Hall–Kier alpha value is -1.81. The van der Waals surface area contributed by atoms with Crippen molar-refractivity contribution in [3.8, 4) is 0 Å². The number of hydrogen-bond donors (Lipinski definition) is 1. The minimum absolute atomic E-state index is 0.0481. The highest BCUT2D eigenvalue weighted by atomic mass is 16.5. The summed E-state index contributed by atoms with van der Waals surface area (Å²) in [5, 5.41) is 0. The van der Waals surface area contributed by atoms with E-state index in [1.165, 1.54) is 0 Å². The van der Waals surface area contributed by atoms with Gasteiger partial charge in [0, 0.05) is 18.3 Å². The first-order valence-corrected chi connectivity index (χ1v) is 6.62. The number of nitrogens with two attached hydrogens (primary N) is 1. The number of hydrogen-bond acceptors (Lipinski definition) is 3. The van der Waals surface area contributed by atoms with Crippen LogP contribution in [0.15, 0.2) is 30.3 Å². The molecule has 1 aromatic rings. The Bertz CT molecular complexity index is 454. The number of nitrogens with zero attached hydrogens (tertiary/aromatic N) is 1. The minimum Gasteiger partial charge on any atom is -0.399 e. The first kappa shape index (κ1) is 13.6. The monoisotopic (exact) mass is 260 g/mol. The number of amides is 1. The van der Waals surface area contributed by atoms with E-state index in [0.717, 1.165) is 17.7 Å². The number of nitrogen functional groups attached to an aromatic ring is 1. The lowest BCUT2D eigenvalue weighted by Gasteiger charge is -2.34. The summed E-state index contributed by atoms with van der Waals surface area (Å²) in [6.07, 6.45) is 4.37. The van der Waals surface area contributed by atoms with Gasteiger partial charge in [-0.1, -0.05) is 19.1 Å². The fourth-order valence-corrected chi connectivity index (χ4v) is 2.15. The summed E-state index contributed by atoms with van der Waals surface area (Å²) < 4.78 is 5.40. The van der Waals surface area contributed by atoms with Crippen molar-refractivity contribution in [2.45, 2.75) is 19.4 Å². The van der Waals surface area contributed by atoms with Crippen molar-refractivity contribution in [1.82, 2.24) is 4.90 Å². The lowest BCUT2D eigenvalue weighted by atomic mass is 10.1. The molecule has 1 heterocycles. The fourth-order valence-electron chi connectivity index (χ4n) is 2.15. The van der Waals surface area contributed by atoms with Crippen LogP contribution in [0.2, 0.25) is 0 Å². The number of carbonyl (C=O) groups excluding carboxylic acids is 1. The Morgan fingerprint density at radius 1 is 1.47 bits per heavy atom. The Kier molecular flexibility index (Phi) is 4.58. The molecule has 1 unspecified atom stereocenters. The van der Waals surface area contributed by atoms with E-state index in [1.807, 2.05) is 35.2 Å². The van der Waals surface area contributed by atoms with Gasteiger partial charge in [-0.2, -0.15) is 0 Å². The summed E-state index contributed by atoms with van der Waals surface area (Å²) in [4.78, 5) is 14.1. The zero-order chi connectivity index (χ0) is 13.7. The van der Waals surface area contributed by atoms with Crippen LogP contribution in [-0.2, 0) is 9.53 Å². The van der Waals surface area contributed by atoms with Gasteiger partial charge in [-0.25, -0.2) is 0 Å². The molecule has 1 aliphatic heterocycles. The van der Waals surface area contributed by atoms with Crippen molar-refractivity contribution < 1.29 is 9.53 Å². The van der Waals surface area contributed by atoms with Crippen LogP contribution in [0.5, 0.6) is 0 Å². The molecular formula is C15H20N2O2. The molecule has 2 N–H and O–H groups in total. The van der Waals surface area contributed by atoms with E-state index in [0.29, 0.717) is 19.8 Å². The van der Waals surface area contributed by atoms with Gasteiger partial charge in [0.15, 0.2) is 0 Å². The van der Waals surface area contributed by atoms with Crippen LogP contribution in [0.1, 0.15) is 18.9 Å². The van der Waals surface area contributed by atoms with Crippen molar-refractivity contribution >= 4 is 17.7 Å². The first-order chi connectivity index (χ1) is 9.20. The molecule has 0 spiro atoms. The van der Waals surface area contributed by atoms with Crippen LogP contribution in [0.25, 0.3) is 6.08 Å². The summed E-state index contributed by atoms with van der Waals surface area (Å²) in [7, 11) is 0. The molecule has 4 nitrogen and oxygen atoms in total. The second kappa shape index (κ2) is 6.38. The van der Waals surface area contributed by atoms with E-state index in [1.54, 1.807) is 6.08 Å². The Balaban J connectivity index is 2.01. The van der Waals surface area contributed by atoms with Crippen molar-refractivity contribution in [3.05, 3.63) is 35.9 Å². The molecule has 1 amide bonds. The molecule has 2 rings (SSSR count). The molecule has 0 saturated carbocycles. The predicted octanol–water partition coefficient (Wildman–Crippen LogP) is 1.92. The Labute approximate surface area is 113 Å². The number of morpholine rings is 1. The number of carbonyl (C=O) groups is 1. The SMILES string of the molecule is CCC1COCCN1C(=O)/C=C/c1ccc(N)cc1. The maximum absolute atomic E-state index is 12.2. The van der Waals surface area contributed by atoms with Crippen molar-refractivity contribution in [2.75, 3.05) is 25.5 Å². The number of rotatable bonds is 3. The highest BCUT2D eigenvalue weighted by Crippen LogP contribution is 2.12. The molecule has 1 aromatic carbocycles. The third-order valence-corrected chi connectivity index (χ3v) is 3.34. The summed E-state index contributed by atoms with van der Waals surface area (Å²) in [5.74, 6) is 0.0481. The van der Waals surface area contributed by atoms with Gasteiger partial charge in [0.05, 0.1) is 19.3 Å².